The Hall–Kier alpha value is -4.12. The maximum atomic E-state index is 13.1. The number of ether oxygens (including phenoxy) is 3. The fraction of sp³-hybridized carbons (Fsp3) is 0.484. The molecule has 2 aromatic rings. The first-order valence-corrected chi connectivity index (χ1v) is 14.1. The summed E-state index contributed by atoms with van der Waals surface area (Å²) in [6.45, 7) is 9.68. The standard InChI is InChI=1S/C31H40N4O7/c1-31(2,3)42-30(39)34-16-14-33(15-17-34)18-21-8-10-22(11-9-21)20-41-26-7-5-6-23-24(26)19-35(29(23)38)25(28(32)37)12-13-27(36)40-4/h5-11,25H,12-20H2,1-4H3,(H2,32,37)/t25-/m0/s1. The van der Waals surface area contributed by atoms with Crippen LogP contribution in [0.4, 0.5) is 4.79 Å². The van der Waals surface area contributed by atoms with Crippen LogP contribution in [0.5, 0.6) is 5.75 Å². The number of nitrogens with zero attached hydrogens (tertiary/aromatic N) is 3. The van der Waals surface area contributed by atoms with Gasteiger partial charge < -0.3 is 29.7 Å². The summed E-state index contributed by atoms with van der Waals surface area (Å²) >= 11 is 0. The first-order chi connectivity index (χ1) is 19.9. The molecule has 3 amide bonds. The normalized spacial score (nSPS) is 16.1. The Morgan fingerprint density at radius 3 is 2.26 bits per heavy atom. The summed E-state index contributed by atoms with van der Waals surface area (Å²) in [7, 11) is 1.27. The van der Waals surface area contributed by atoms with E-state index >= 15 is 0 Å². The van der Waals surface area contributed by atoms with Crippen LogP contribution < -0.4 is 10.5 Å². The summed E-state index contributed by atoms with van der Waals surface area (Å²) in [6, 6.07) is 12.5. The van der Waals surface area contributed by atoms with E-state index in [2.05, 4.69) is 21.8 Å². The van der Waals surface area contributed by atoms with E-state index in [0.717, 1.165) is 30.8 Å². The molecule has 4 rings (SSSR count). The summed E-state index contributed by atoms with van der Waals surface area (Å²) in [5, 5.41) is 0. The van der Waals surface area contributed by atoms with Crippen molar-refractivity contribution in [1.29, 1.82) is 0 Å². The number of esters is 1. The van der Waals surface area contributed by atoms with E-state index in [1.54, 1.807) is 23.1 Å². The van der Waals surface area contributed by atoms with E-state index < -0.39 is 23.5 Å². The monoisotopic (exact) mass is 580 g/mol. The molecule has 2 N–H and O–H groups in total. The molecule has 42 heavy (non-hydrogen) atoms. The molecule has 0 radical (unpaired) electrons. The highest BCUT2D eigenvalue weighted by Crippen LogP contribution is 2.33. The van der Waals surface area contributed by atoms with Gasteiger partial charge in [0.25, 0.3) is 5.91 Å². The van der Waals surface area contributed by atoms with Gasteiger partial charge in [0.05, 0.1) is 13.7 Å². The summed E-state index contributed by atoms with van der Waals surface area (Å²) in [4.78, 5) is 54.6. The molecule has 1 atom stereocenters. The molecule has 2 aliphatic heterocycles. The third-order valence-corrected chi connectivity index (χ3v) is 7.35. The van der Waals surface area contributed by atoms with E-state index in [4.69, 9.17) is 15.2 Å². The number of rotatable bonds is 10. The number of piperazine rings is 1. The minimum Gasteiger partial charge on any atom is -0.489 e. The molecule has 0 bridgehead atoms. The van der Waals surface area contributed by atoms with Gasteiger partial charge >= 0.3 is 12.1 Å². The molecule has 0 aliphatic carbocycles. The average Bonchev–Trinajstić information content (AvgIpc) is 3.28. The Morgan fingerprint density at radius 2 is 1.64 bits per heavy atom. The van der Waals surface area contributed by atoms with Crippen molar-refractivity contribution < 1.29 is 33.4 Å². The van der Waals surface area contributed by atoms with Crippen LogP contribution in [0.15, 0.2) is 42.5 Å². The number of nitrogens with two attached hydrogens (primary N) is 1. The Bertz CT molecular complexity index is 1300. The Kier molecular flexibility index (Phi) is 9.72. The fourth-order valence-electron chi connectivity index (χ4n) is 5.10. The van der Waals surface area contributed by atoms with Gasteiger partial charge in [-0.05, 0) is 50.5 Å². The first-order valence-electron chi connectivity index (χ1n) is 14.1. The molecule has 11 heteroatoms. The van der Waals surface area contributed by atoms with Gasteiger partial charge in [-0.2, -0.15) is 0 Å². The van der Waals surface area contributed by atoms with Crippen LogP contribution in [0.1, 0.15) is 60.7 Å². The van der Waals surface area contributed by atoms with Crippen molar-refractivity contribution in [3.05, 3.63) is 64.7 Å². The highest BCUT2D eigenvalue weighted by Gasteiger charge is 2.37. The molecule has 0 aromatic heterocycles. The highest BCUT2D eigenvalue weighted by atomic mass is 16.6. The predicted octanol–water partition coefficient (Wildman–Crippen LogP) is 3.08. The van der Waals surface area contributed by atoms with Gasteiger partial charge in [0.2, 0.25) is 5.91 Å². The van der Waals surface area contributed by atoms with Crippen molar-refractivity contribution in [2.45, 2.75) is 65.0 Å². The van der Waals surface area contributed by atoms with Crippen molar-refractivity contribution in [3.63, 3.8) is 0 Å². The van der Waals surface area contributed by atoms with Crippen LogP contribution >= 0.6 is 0 Å². The maximum Gasteiger partial charge on any atom is 0.410 e. The fourth-order valence-corrected chi connectivity index (χ4v) is 5.10. The van der Waals surface area contributed by atoms with Crippen molar-refractivity contribution in [3.8, 4) is 5.75 Å². The van der Waals surface area contributed by atoms with Crippen molar-refractivity contribution in [2.24, 2.45) is 5.73 Å². The van der Waals surface area contributed by atoms with Gasteiger partial charge in [-0.3, -0.25) is 19.3 Å². The topological polar surface area (TPSA) is 132 Å². The zero-order valence-corrected chi connectivity index (χ0v) is 24.8. The van der Waals surface area contributed by atoms with Crippen LogP contribution in [-0.2, 0) is 38.8 Å². The smallest absolute Gasteiger partial charge is 0.410 e. The molecular weight excluding hydrogens is 540 g/mol. The van der Waals surface area contributed by atoms with E-state index in [-0.39, 0.29) is 31.4 Å². The quantitative estimate of drug-likeness (QED) is 0.424. The summed E-state index contributed by atoms with van der Waals surface area (Å²) in [5.74, 6) is -0.902. The zero-order valence-electron chi connectivity index (χ0n) is 24.8. The van der Waals surface area contributed by atoms with E-state index in [9.17, 15) is 19.2 Å². The minimum absolute atomic E-state index is 0.0220. The number of carbonyl (C=O) groups is 4. The predicted molar refractivity (Wildman–Crippen MR) is 154 cm³/mol. The lowest BCUT2D eigenvalue weighted by Gasteiger charge is -2.35. The van der Waals surface area contributed by atoms with Gasteiger partial charge in [-0.15, -0.1) is 0 Å². The van der Waals surface area contributed by atoms with Crippen LogP contribution in [0.25, 0.3) is 0 Å². The number of benzene rings is 2. The van der Waals surface area contributed by atoms with Gasteiger partial charge in [0, 0.05) is 50.3 Å². The van der Waals surface area contributed by atoms with Gasteiger partial charge in [-0.1, -0.05) is 30.3 Å². The second kappa shape index (κ2) is 13.2. The Labute approximate surface area is 246 Å². The second-order valence-corrected chi connectivity index (χ2v) is 11.6. The number of primary amides is 1. The largest absolute Gasteiger partial charge is 0.489 e. The molecule has 11 nitrogen and oxygen atoms in total. The number of amides is 3. The molecule has 0 spiro atoms. The SMILES string of the molecule is COC(=O)CC[C@@H](C(N)=O)N1Cc2c(OCc3ccc(CN4CCN(C(=O)OC(C)(C)C)CC4)cc3)cccc2C1=O. The third kappa shape index (κ3) is 7.79. The lowest BCUT2D eigenvalue weighted by molar-refractivity contribution is -0.141. The number of hydrogen-bond donors (Lipinski definition) is 1. The summed E-state index contributed by atoms with van der Waals surface area (Å²) < 4.78 is 16.3. The molecule has 1 fully saturated rings. The molecule has 2 aromatic carbocycles. The second-order valence-electron chi connectivity index (χ2n) is 11.6. The van der Waals surface area contributed by atoms with Crippen molar-refractivity contribution in [1.82, 2.24) is 14.7 Å². The van der Waals surface area contributed by atoms with Gasteiger partial charge in [0.1, 0.15) is 24.0 Å². The molecule has 2 aliphatic rings. The van der Waals surface area contributed by atoms with Crippen LogP contribution in [0, 0.1) is 0 Å². The molecular formula is C31H40N4O7. The molecule has 0 unspecified atom stereocenters. The van der Waals surface area contributed by atoms with Crippen LogP contribution in [0.2, 0.25) is 0 Å². The highest BCUT2D eigenvalue weighted by molar-refractivity contribution is 6.01. The Balaban J connectivity index is 1.31. The lowest BCUT2D eigenvalue weighted by atomic mass is 10.1. The third-order valence-electron chi connectivity index (χ3n) is 7.35. The van der Waals surface area contributed by atoms with Gasteiger partial charge in [-0.25, -0.2) is 4.79 Å². The molecule has 226 valence electrons. The average molecular weight is 581 g/mol. The number of hydrogen-bond acceptors (Lipinski definition) is 8. The van der Waals surface area contributed by atoms with Crippen LogP contribution in [0.3, 0.4) is 0 Å². The number of fused-ring (bicyclic) bond motifs is 1. The summed E-state index contributed by atoms with van der Waals surface area (Å²) in [6.07, 6.45) is -0.200. The van der Waals surface area contributed by atoms with E-state index in [1.165, 1.54) is 12.0 Å². The lowest BCUT2D eigenvalue weighted by Crippen LogP contribution is -2.49. The van der Waals surface area contributed by atoms with E-state index in [1.807, 2.05) is 32.9 Å². The summed E-state index contributed by atoms with van der Waals surface area (Å²) in [5.41, 5.74) is 8.36. The number of carbonyl (C=O) groups excluding carboxylic acids is 4. The van der Waals surface area contributed by atoms with E-state index in [0.29, 0.717) is 36.6 Å². The first kappa shape index (κ1) is 30.8. The maximum absolute atomic E-state index is 13.1. The van der Waals surface area contributed by atoms with Crippen molar-refractivity contribution in [2.75, 3.05) is 33.3 Å². The molecule has 1 saturated heterocycles. The minimum atomic E-state index is -0.926. The Morgan fingerprint density at radius 1 is 0.976 bits per heavy atom. The van der Waals surface area contributed by atoms with Crippen LogP contribution in [-0.4, -0.2) is 83.5 Å². The van der Waals surface area contributed by atoms with Gasteiger partial charge in [0.15, 0.2) is 0 Å². The zero-order chi connectivity index (χ0) is 30.4. The number of methoxy groups -OCH3 is 1. The molecule has 0 saturated carbocycles. The molecule has 2 heterocycles. The van der Waals surface area contributed by atoms with Crippen molar-refractivity contribution >= 4 is 23.9 Å².